The third-order valence-electron chi connectivity index (χ3n) is 7.29. The highest BCUT2D eigenvalue weighted by Gasteiger charge is 2.44. The van der Waals surface area contributed by atoms with E-state index in [1.54, 1.807) is 18.3 Å². The van der Waals surface area contributed by atoms with Crippen molar-refractivity contribution in [1.29, 1.82) is 0 Å². The van der Waals surface area contributed by atoms with Gasteiger partial charge in [0.15, 0.2) is 0 Å². The molecule has 1 aliphatic rings. The molecule has 202 valence electrons. The summed E-state index contributed by atoms with van der Waals surface area (Å²) in [7, 11) is 0. The third kappa shape index (κ3) is 6.06. The highest BCUT2D eigenvalue weighted by atomic mass is 19.4. The van der Waals surface area contributed by atoms with Gasteiger partial charge in [0.25, 0.3) is 5.91 Å². The van der Waals surface area contributed by atoms with Crippen LogP contribution >= 0.6 is 0 Å². The van der Waals surface area contributed by atoms with Crippen LogP contribution in [-0.4, -0.2) is 34.2 Å². The van der Waals surface area contributed by atoms with Crippen molar-refractivity contribution in [3.8, 4) is 11.1 Å². The zero-order valence-electron chi connectivity index (χ0n) is 21.6. The Kier molecular flexibility index (Phi) is 8.18. The van der Waals surface area contributed by atoms with Crippen molar-refractivity contribution in [2.45, 2.75) is 65.1 Å². The molecule has 2 heterocycles. The van der Waals surface area contributed by atoms with Crippen LogP contribution in [0.2, 0.25) is 0 Å². The summed E-state index contributed by atoms with van der Waals surface area (Å²) in [6, 6.07) is 8.18. The smallest absolute Gasteiger partial charge is 0.364 e. The molecule has 7 nitrogen and oxygen atoms in total. The van der Waals surface area contributed by atoms with E-state index in [0.717, 1.165) is 22.4 Å². The number of hydrogen-bond acceptors (Lipinski definition) is 5. The van der Waals surface area contributed by atoms with Crippen molar-refractivity contribution < 1.29 is 27.3 Å². The maximum absolute atomic E-state index is 13.4. The topological polar surface area (TPSA) is 97.1 Å². The molecular formula is C28H31F3N4O3. The van der Waals surface area contributed by atoms with Crippen LogP contribution in [0, 0.1) is 25.7 Å². The Morgan fingerprint density at radius 3 is 2.37 bits per heavy atom. The standard InChI is InChI=1S/C28H31F3N4O3/c1-4-23-22(15-38-35-23)26(36)34-25(19-5-9-20(10-6-19)28(29,30)31)27(37)33-21-11-7-18(8-12-21)24-16(2)13-14-32-17(24)3/h7-8,11-15,19-20,25H,4-6,9-10H2,1-3H3,(H,33,37)(H,34,36). The molecule has 10 heteroatoms. The molecule has 0 radical (unpaired) electrons. The summed E-state index contributed by atoms with van der Waals surface area (Å²) in [5.41, 5.74) is 5.09. The number of amides is 2. The SMILES string of the molecule is CCc1nocc1C(=O)NC(C(=O)Nc1ccc(-c2c(C)ccnc2C)cc1)C1CCC(C(F)(F)F)CC1. The number of alkyl halides is 3. The zero-order chi connectivity index (χ0) is 27.4. The number of hydrogen-bond donors (Lipinski definition) is 2. The molecule has 0 bridgehead atoms. The fraction of sp³-hybridized carbons (Fsp3) is 0.429. The van der Waals surface area contributed by atoms with Gasteiger partial charge >= 0.3 is 6.18 Å². The third-order valence-corrected chi connectivity index (χ3v) is 7.29. The first-order chi connectivity index (χ1) is 18.1. The second-order valence-corrected chi connectivity index (χ2v) is 9.79. The lowest BCUT2D eigenvalue weighted by molar-refractivity contribution is -0.184. The molecule has 2 aromatic heterocycles. The number of aryl methyl sites for hydroxylation is 3. The second kappa shape index (κ2) is 11.4. The number of nitrogens with zero attached hydrogens (tertiary/aromatic N) is 2. The van der Waals surface area contributed by atoms with E-state index in [4.69, 9.17) is 4.52 Å². The second-order valence-electron chi connectivity index (χ2n) is 9.79. The van der Waals surface area contributed by atoms with Crippen LogP contribution < -0.4 is 10.6 Å². The summed E-state index contributed by atoms with van der Waals surface area (Å²) in [6.45, 7) is 5.74. The molecule has 0 saturated heterocycles. The van der Waals surface area contributed by atoms with E-state index >= 15 is 0 Å². The van der Waals surface area contributed by atoms with Gasteiger partial charge in [0, 0.05) is 23.1 Å². The monoisotopic (exact) mass is 528 g/mol. The van der Waals surface area contributed by atoms with E-state index in [1.807, 2.05) is 39.0 Å². The van der Waals surface area contributed by atoms with E-state index < -0.39 is 35.9 Å². The maximum atomic E-state index is 13.4. The number of carbonyl (C=O) groups excluding carboxylic acids is 2. The Balaban J connectivity index is 1.53. The minimum Gasteiger partial charge on any atom is -0.364 e. The van der Waals surface area contributed by atoms with Crippen LogP contribution in [0.5, 0.6) is 0 Å². The minimum absolute atomic E-state index is 0.0835. The molecule has 1 fully saturated rings. The first kappa shape index (κ1) is 27.3. The predicted molar refractivity (Wildman–Crippen MR) is 136 cm³/mol. The van der Waals surface area contributed by atoms with Crippen LogP contribution in [0.25, 0.3) is 11.1 Å². The van der Waals surface area contributed by atoms with Crippen molar-refractivity contribution in [3.05, 3.63) is 65.3 Å². The molecule has 4 rings (SSSR count). The van der Waals surface area contributed by atoms with Gasteiger partial charge in [-0.15, -0.1) is 0 Å². The first-order valence-electron chi connectivity index (χ1n) is 12.7. The Labute approximate surface area is 219 Å². The van der Waals surface area contributed by atoms with Crippen molar-refractivity contribution in [3.63, 3.8) is 0 Å². The number of benzene rings is 1. The number of nitrogens with one attached hydrogen (secondary N) is 2. The fourth-order valence-corrected chi connectivity index (χ4v) is 5.17. The fourth-order valence-electron chi connectivity index (χ4n) is 5.17. The summed E-state index contributed by atoms with van der Waals surface area (Å²) in [5, 5.41) is 9.39. The van der Waals surface area contributed by atoms with Gasteiger partial charge in [-0.25, -0.2) is 0 Å². The lowest BCUT2D eigenvalue weighted by Gasteiger charge is -2.34. The van der Waals surface area contributed by atoms with Crippen molar-refractivity contribution >= 4 is 17.5 Å². The van der Waals surface area contributed by atoms with Gasteiger partial charge in [-0.3, -0.25) is 14.6 Å². The van der Waals surface area contributed by atoms with E-state index in [-0.39, 0.29) is 31.2 Å². The Hall–Kier alpha value is -3.69. The Bertz CT molecular complexity index is 1260. The Morgan fingerprint density at radius 2 is 1.76 bits per heavy atom. The molecule has 3 aromatic rings. The molecule has 38 heavy (non-hydrogen) atoms. The molecule has 1 aliphatic carbocycles. The lowest BCUT2D eigenvalue weighted by atomic mass is 9.78. The average Bonchev–Trinajstić information content (AvgIpc) is 3.37. The van der Waals surface area contributed by atoms with E-state index in [1.165, 1.54) is 6.26 Å². The molecule has 1 saturated carbocycles. The van der Waals surface area contributed by atoms with Crippen LogP contribution in [0.15, 0.2) is 47.3 Å². The van der Waals surface area contributed by atoms with Gasteiger partial charge in [0.2, 0.25) is 5.91 Å². The van der Waals surface area contributed by atoms with Crippen LogP contribution in [0.3, 0.4) is 0 Å². The molecular weight excluding hydrogens is 497 g/mol. The van der Waals surface area contributed by atoms with Crippen LogP contribution in [0.1, 0.15) is 59.9 Å². The summed E-state index contributed by atoms with van der Waals surface area (Å²) < 4.78 is 44.6. The van der Waals surface area contributed by atoms with E-state index in [9.17, 15) is 22.8 Å². The number of rotatable bonds is 7. The van der Waals surface area contributed by atoms with Gasteiger partial charge < -0.3 is 15.2 Å². The summed E-state index contributed by atoms with van der Waals surface area (Å²) in [4.78, 5) is 30.8. The number of carbonyl (C=O) groups is 2. The first-order valence-corrected chi connectivity index (χ1v) is 12.7. The number of halogens is 3. The highest BCUT2D eigenvalue weighted by Crippen LogP contribution is 2.40. The number of pyridine rings is 1. The summed E-state index contributed by atoms with van der Waals surface area (Å²) in [6.07, 6.45) is -0.671. The quantitative estimate of drug-likeness (QED) is 0.391. The highest BCUT2D eigenvalue weighted by molar-refractivity contribution is 6.01. The largest absolute Gasteiger partial charge is 0.391 e. The maximum Gasteiger partial charge on any atom is 0.391 e. The number of aromatic nitrogens is 2. The van der Waals surface area contributed by atoms with Crippen molar-refractivity contribution in [2.24, 2.45) is 11.8 Å². The van der Waals surface area contributed by atoms with Crippen LogP contribution in [-0.2, 0) is 11.2 Å². The molecule has 1 unspecified atom stereocenters. The van der Waals surface area contributed by atoms with Gasteiger partial charge in [0.05, 0.1) is 11.6 Å². The Morgan fingerprint density at radius 1 is 1.08 bits per heavy atom. The van der Waals surface area contributed by atoms with E-state index in [2.05, 4.69) is 20.8 Å². The average molecular weight is 529 g/mol. The van der Waals surface area contributed by atoms with Gasteiger partial charge in [0.1, 0.15) is 17.9 Å². The van der Waals surface area contributed by atoms with E-state index in [0.29, 0.717) is 17.8 Å². The summed E-state index contributed by atoms with van der Waals surface area (Å²) >= 11 is 0. The van der Waals surface area contributed by atoms with Gasteiger partial charge in [-0.2, -0.15) is 13.2 Å². The summed E-state index contributed by atoms with van der Waals surface area (Å²) in [5.74, 6) is -2.86. The molecule has 2 N–H and O–H groups in total. The van der Waals surface area contributed by atoms with Crippen LogP contribution in [0.4, 0.5) is 18.9 Å². The molecule has 0 spiro atoms. The molecule has 1 aromatic carbocycles. The zero-order valence-corrected chi connectivity index (χ0v) is 21.6. The minimum atomic E-state index is -4.27. The number of anilines is 1. The molecule has 2 amide bonds. The normalized spacial score (nSPS) is 18.6. The predicted octanol–water partition coefficient (Wildman–Crippen LogP) is 6.02. The van der Waals surface area contributed by atoms with Gasteiger partial charge in [-0.1, -0.05) is 24.2 Å². The molecule has 0 aliphatic heterocycles. The lowest BCUT2D eigenvalue weighted by Crippen LogP contribution is -2.50. The van der Waals surface area contributed by atoms with Crippen molar-refractivity contribution in [2.75, 3.05) is 5.32 Å². The van der Waals surface area contributed by atoms with Gasteiger partial charge in [-0.05, 0) is 81.2 Å². The molecule has 1 atom stereocenters. The van der Waals surface area contributed by atoms with Crippen molar-refractivity contribution in [1.82, 2.24) is 15.5 Å².